The Morgan fingerprint density at radius 1 is 1.00 bits per heavy atom. The van der Waals surface area contributed by atoms with Gasteiger partial charge >= 0.3 is 0 Å². The predicted octanol–water partition coefficient (Wildman–Crippen LogP) is 2.55. The monoisotopic (exact) mass is 359 g/mol. The normalized spacial score (nSPS) is 20.2. The molecule has 6 nitrogen and oxygen atoms in total. The second kappa shape index (κ2) is 7.25. The van der Waals surface area contributed by atoms with Gasteiger partial charge in [0.25, 0.3) is 10.0 Å². The minimum Gasteiger partial charge on any atom is -0.328 e. The van der Waals surface area contributed by atoms with Crippen molar-refractivity contribution in [1.82, 2.24) is 0 Å². The number of nitrogens with one attached hydrogen (secondary N) is 2. The van der Waals surface area contributed by atoms with Gasteiger partial charge in [0.1, 0.15) is 0 Å². The Morgan fingerprint density at radius 2 is 1.72 bits per heavy atom. The molecule has 2 unspecified atom stereocenters. The lowest BCUT2D eigenvalue weighted by Gasteiger charge is -2.13. The Balaban J connectivity index is 1.70. The van der Waals surface area contributed by atoms with Crippen LogP contribution in [0.1, 0.15) is 19.3 Å². The maximum atomic E-state index is 12.4. The molecule has 0 bridgehead atoms. The third-order valence-corrected chi connectivity index (χ3v) is 5.68. The van der Waals surface area contributed by atoms with Crippen molar-refractivity contribution in [3.63, 3.8) is 0 Å². The molecule has 0 aromatic heterocycles. The van der Waals surface area contributed by atoms with Crippen molar-refractivity contribution in [2.45, 2.75) is 30.2 Å². The van der Waals surface area contributed by atoms with Crippen LogP contribution in [0.4, 0.5) is 11.4 Å². The molecule has 0 radical (unpaired) electrons. The van der Waals surface area contributed by atoms with Crippen LogP contribution in [0, 0.1) is 5.92 Å². The summed E-state index contributed by atoms with van der Waals surface area (Å²) >= 11 is 0. The second-order valence-electron chi connectivity index (χ2n) is 6.26. The lowest BCUT2D eigenvalue weighted by atomic mass is 10.1. The van der Waals surface area contributed by atoms with Crippen molar-refractivity contribution in [1.29, 1.82) is 0 Å². The van der Waals surface area contributed by atoms with E-state index in [9.17, 15) is 13.2 Å². The fraction of sp³-hybridized carbons (Fsp3) is 0.278. The van der Waals surface area contributed by atoms with E-state index in [0.717, 1.165) is 12.8 Å². The molecular weight excluding hydrogens is 338 g/mol. The Morgan fingerprint density at radius 3 is 2.40 bits per heavy atom. The molecule has 1 saturated carbocycles. The molecule has 25 heavy (non-hydrogen) atoms. The van der Waals surface area contributed by atoms with Crippen LogP contribution < -0.4 is 15.8 Å². The quantitative estimate of drug-likeness (QED) is 0.763. The molecule has 0 saturated heterocycles. The summed E-state index contributed by atoms with van der Waals surface area (Å²) in [6.45, 7) is 0. The third kappa shape index (κ3) is 4.37. The van der Waals surface area contributed by atoms with Gasteiger partial charge in [0.15, 0.2) is 0 Å². The minimum absolute atomic E-state index is 0.0731. The molecule has 2 aromatic rings. The minimum atomic E-state index is -3.66. The van der Waals surface area contributed by atoms with Crippen LogP contribution in [0.25, 0.3) is 0 Å². The van der Waals surface area contributed by atoms with Crippen LogP contribution >= 0.6 is 0 Å². The lowest BCUT2D eigenvalue weighted by Crippen LogP contribution is -2.23. The van der Waals surface area contributed by atoms with Gasteiger partial charge in [-0.15, -0.1) is 0 Å². The highest BCUT2D eigenvalue weighted by atomic mass is 32.2. The summed E-state index contributed by atoms with van der Waals surface area (Å²) < 4.78 is 27.3. The van der Waals surface area contributed by atoms with Gasteiger partial charge in [-0.1, -0.05) is 24.3 Å². The zero-order valence-corrected chi connectivity index (χ0v) is 14.5. The summed E-state index contributed by atoms with van der Waals surface area (Å²) in [7, 11) is -3.66. The number of nitrogens with two attached hydrogens (primary N) is 1. The average Bonchev–Trinajstić information content (AvgIpc) is 3.02. The molecule has 1 aliphatic carbocycles. The summed E-state index contributed by atoms with van der Waals surface area (Å²) in [5.74, 6) is -0.157. The number of sulfonamides is 1. The molecule has 2 atom stereocenters. The van der Waals surface area contributed by atoms with Gasteiger partial charge in [0.05, 0.1) is 10.6 Å². The van der Waals surface area contributed by atoms with Gasteiger partial charge in [0, 0.05) is 17.6 Å². The molecule has 2 aromatic carbocycles. The van der Waals surface area contributed by atoms with E-state index in [1.807, 2.05) is 0 Å². The summed E-state index contributed by atoms with van der Waals surface area (Å²) in [6, 6.07) is 14.9. The van der Waals surface area contributed by atoms with Crippen molar-refractivity contribution in [3.8, 4) is 0 Å². The van der Waals surface area contributed by atoms with Gasteiger partial charge in [-0.05, 0) is 49.6 Å². The zero-order valence-electron chi connectivity index (χ0n) is 13.7. The first-order chi connectivity index (χ1) is 11.9. The van der Waals surface area contributed by atoms with Crippen molar-refractivity contribution in [2.75, 3.05) is 10.0 Å². The van der Waals surface area contributed by atoms with Gasteiger partial charge in [-0.25, -0.2) is 8.42 Å². The smallest absolute Gasteiger partial charge is 0.261 e. The van der Waals surface area contributed by atoms with Crippen molar-refractivity contribution >= 4 is 27.3 Å². The number of anilines is 2. The van der Waals surface area contributed by atoms with Gasteiger partial charge in [-0.2, -0.15) is 0 Å². The Bertz CT molecular complexity index is 853. The lowest BCUT2D eigenvalue weighted by molar-refractivity contribution is -0.119. The Labute approximate surface area is 147 Å². The fourth-order valence-electron chi connectivity index (χ4n) is 2.97. The van der Waals surface area contributed by atoms with E-state index >= 15 is 0 Å². The van der Waals surface area contributed by atoms with Crippen molar-refractivity contribution in [2.24, 2.45) is 11.7 Å². The van der Waals surface area contributed by atoms with Crippen LogP contribution in [0.2, 0.25) is 0 Å². The molecule has 7 heteroatoms. The first-order valence-corrected chi connectivity index (χ1v) is 9.67. The van der Waals surface area contributed by atoms with Gasteiger partial charge in [0.2, 0.25) is 5.91 Å². The third-order valence-electron chi connectivity index (χ3n) is 4.28. The van der Waals surface area contributed by atoms with Crippen LogP contribution in [0.3, 0.4) is 0 Å². The van der Waals surface area contributed by atoms with Crippen molar-refractivity contribution < 1.29 is 13.2 Å². The Kier molecular flexibility index (Phi) is 5.06. The van der Waals surface area contributed by atoms with E-state index in [4.69, 9.17) is 5.73 Å². The van der Waals surface area contributed by atoms with E-state index in [2.05, 4.69) is 10.0 Å². The topological polar surface area (TPSA) is 101 Å². The predicted molar refractivity (Wildman–Crippen MR) is 97.6 cm³/mol. The first kappa shape index (κ1) is 17.4. The summed E-state index contributed by atoms with van der Waals surface area (Å²) in [5, 5.41) is 2.84. The summed E-state index contributed by atoms with van der Waals surface area (Å²) in [6.07, 6.45) is 2.33. The molecule has 0 heterocycles. The molecule has 3 rings (SSSR count). The SMILES string of the molecule is NC1CCC(C(=O)Nc2cccc(NS(=O)(=O)c3ccccc3)c2)C1. The van der Waals surface area contributed by atoms with Crippen LogP contribution in [-0.4, -0.2) is 20.4 Å². The fourth-order valence-corrected chi connectivity index (χ4v) is 4.04. The number of amides is 1. The molecule has 1 fully saturated rings. The van der Waals surface area contributed by atoms with E-state index in [1.165, 1.54) is 12.1 Å². The highest BCUT2D eigenvalue weighted by Gasteiger charge is 2.27. The highest BCUT2D eigenvalue weighted by molar-refractivity contribution is 7.92. The number of hydrogen-bond donors (Lipinski definition) is 3. The Hall–Kier alpha value is -2.38. The number of carbonyl (C=O) groups excluding carboxylic acids is 1. The van der Waals surface area contributed by atoms with E-state index < -0.39 is 10.0 Å². The average molecular weight is 359 g/mol. The summed E-state index contributed by atoms with van der Waals surface area (Å²) in [4.78, 5) is 12.5. The van der Waals surface area contributed by atoms with Gasteiger partial charge < -0.3 is 11.1 Å². The largest absolute Gasteiger partial charge is 0.328 e. The maximum absolute atomic E-state index is 12.4. The van der Waals surface area contributed by atoms with Crippen LogP contribution in [0.5, 0.6) is 0 Å². The molecule has 1 amide bonds. The number of benzene rings is 2. The molecule has 0 aliphatic heterocycles. The van der Waals surface area contributed by atoms with E-state index in [-0.39, 0.29) is 22.8 Å². The van der Waals surface area contributed by atoms with Crippen LogP contribution in [0.15, 0.2) is 59.5 Å². The summed E-state index contributed by atoms with van der Waals surface area (Å²) in [5.41, 5.74) is 6.80. The maximum Gasteiger partial charge on any atom is 0.261 e. The van der Waals surface area contributed by atoms with E-state index in [0.29, 0.717) is 17.8 Å². The van der Waals surface area contributed by atoms with Crippen LogP contribution in [-0.2, 0) is 14.8 Å². The van der Waals surface area contributed by atoms with Gasteiger partial charge in [-0.3, -0.25) is 9.52 Å². The van der Waals surface area contributed by atoms with Crippen molar-refractivity contribution in [3.05, 3.63) is 54.6 Å². The number of rotatable bonds is 5. The first-order valence-electron chi connectivity index (χ1n) is 8.18. The molecule has 132 valence electrons. The molecular formula is C18H21N3O3S. The molecule has 0 spiro atoms. The molecule has 4 N–H and O–H groups in total. The number of hydrogen-bond acceptors (Lipinski definition) is 4. The molecule has 1 aliphatic rings. The standard InChI is InChI=1S/C18H21N3O3S/c19-14-10-9-13(11-14)18(22)20-15-5-4-6-16(12-15)21-25(23,24)17-7-2-1-3-8-17/h1-8,12-14,21H,9-11,19H2,(H,20,22). The highest BCUT2D eigenvalue weighted by Crippen LogP contribution is 2.26. The number of carbonyl (C=O) groups is 1. The second-order valence-corrected chi connectivity index (χ2v) is 7.94. The zero-order chi connectivity index (χ0) is 17.9. The van der Waals surface area contributed by atoms with E-state index in [1.54, 1.807) is 42.5 Å².